The number of nitrogens with one attached hydrogen (secondary N) is 1. The number of hydrogen-bond donors (Lipinski definition) is 1. The van der Waals surface area contributed by atoms with Gasteiger partial charge in [-0.05, 0) is 32.0 Å². The average Bonchev–Trinajstić information content (AvgIpc) is 2.40. The molecule has 0 amide bonds. The Bertz CT molecular complexity index is 511. The molecule has 0 aliphatic carbocycles. The Hall–Kier alpha value is -1.61. The molecule has 18 heavy (non-hydrogen) atoms. The summed E-state index contributed by atoms with van der Waals surface area (Å²) in [5.74, 6) is 0.750. The molecule has 0 radical (unpaired) electrons. The monoisotopic (exact) mass is 244 g/mol. The normalized spacial score (nSPS) is 10.8. The van der Waals surface area contributed by atoms with Gasteiger partial charge in [0.1, 0.15) is 0 Å². The molecule has 0 unspecified atom stereocenters. The molecule has 0 saturated carbocycles. The lowest BCUT2D eigenvalue weighted by Gasteiger charge is -2.11. The second kappa shape index (κ2) is 6.36. The minimum atomic E-state index is 0.645. The lowest BCUT2D eigenvalue weighted by molar-refractivity contribution is 0.323. The van der Waals surface area contributed by atoms with E-state index in [9.17, 15) is 0 Å². The fraction of sp³-hybridized carbons (Fsp3) is 0.400. The highest BCUT2D eigenvalue weighted by molar-refractivity contribution is 5.80. The third kappa shape index (κ3) is 2.99. The van der Waals surface area contributed by atoms with Gasteiger partial charge in [0.15, 0.2) is 0 Å². The van der Waals surface area contributed by atoms with Crippen LogP contribution < -0.4 is 10.1 Å². The first-order valence-electron chi connectivity index (χ1n) is 6.57. The molecule has 0 bridgehead atoms. The van der Waals surface area contributed by atoms with E-state index in [4.69, 9.17) is 4.74 Å². The SMILES string of the molecule is CCCNCc1cc2ccccc2nc1OCC. The summed E-state index contributed by atoms with van der Waals surface area (Å²) in [6.07, 6.45) is 1.13. The highest BCUT2D eigenvalue weighted by Gasteiger charge is 2.07. The molecule has 1 aromatic carbocycles. The molecule has 0 aliphatic heterocycles. The molecule has 0 aliphatic rings. The Kier molecular flexibility index (Phi) is 4.53. The smallest absolute Gasteiger partial charge is 0.218 e. The number of benzene rings is 1. The van der Waals surface area contributed by atoms with Gasteiger partial charge >= 0.3 is 0 Å². The highest BCUT2D eigenvalue weighted by Crippen LogP contribution is 2.22. The van der Waals surface area contributed by atoms with E-state index in [1.165, 1.54) is 0 Å². The van der Waals surface area contributed by atoms with Gasteiger partial charge in [-0.15, -0.1) is 0 Å². The van der Waals surface area contributed by atoms with Crippen molar-refractivity contribution < 1.29 is 4.74 Å². The molecular weight excluding hydrogens is 224 g/mol. The fourth-order valence-electron chi connectivity index (χ4n) is 1.93. The van der Waals surface area contributed by atoms with Crippen molar-refractivity contribution in [1.82, 2.24) is 10.3 Å². The van der Waals surface area contributed by atoms with Crippen LogP contribution in [0, 0.1) is 0 Å². The first kappa shape index (κ1) is 12.8. The van der Waals surface area contributed by atoms with Crippen molar-refractivity contribution >= 4 is 10.9 Å². The zero-order chi connectivity index (χ0) is 12.8. The Morgan fingerprint density at radius 1 is 1.22 bits per heavy atom. The molecule has 3 heteroatoms. The van der Waals surface area contributed by atoms with Gasteiger partial charge in [-0.1, -0.05) is 25.1 Å². The molecular formula is C15H20N2O. The molecule has 2 rings (SSSR count). The molecule has 0 atom stereocenters. The topological polar surface area (TPSA) is 34.2 Å². The van der Waals surface area contributed by atoms with Crippen LogP contribution >= 0.6 is 0 Å². The predicted molar refractivity (Wildman–Crippen MR) is 74.9 cm³/mol. The van der Waals surface area contributed by atoms with Gasteiger partial charge in [-0.25, -0.2) is 4.98 Å². The molecule has 2 aromatic rings. The summed E-state index contributed by atoms with van der Waals surface area (Å²) in [5, 5.41) is 4.56. The maximum Gasteiger partial charge on any atom is 0.218 e. The Labute approximate surface area is 108 Å². The van der Waals surface area contributed by atoms with Gasteiger partial charge in [0.2, 0.25) is 5.88 Å². The standard InChI is InChI=1S/C15H20N2O/c1-3-9-16-11-13-10-12-7-5-6-8-14(12)17-15(13)18-4-2/h5-8,10,16H,3-4,9,11H2,1-2H3. The third-order valence-electron chi connectivity index (χ3n) is 2.79. The minimum absolute atomic E-state index is 0.645. The van der Waals surface area contributed by atoms with E-state index in [2.05, 4.69) is 29.4 Å². The number of ether oxygens (including phenoxy) is 1. The molecule has 0 spiro atoms. The van der Waals surface area contributed by atoms with E-state index in [1.807, 2.05) is 25.1 Å². The zero-order valence-electron chi connectivity index (χ0n) is 11.1. The van der Waals surface area contributed by atoms with Crippen molar-refractivity contribution in [3.8, 4) is 5.88 Å². The molecule has 3 nitrogen and oxygen atoms in total. The van der Waals surface area contributed by atoms with Crippen molar-refractivity contribution in [1.29, 1.82) is 0 Å². The van der Waals surface area contributed by atoms with Crippen LogP contribution in [-0.4, -0.2) is 18.1 Å². The number of fused-ring (bicyclic) bond motifs is 1. The van der Waals surface area contributed by atoms with Gasteiger partial charge in [-0.3, -0.25) is 0 Å². The molecule has 96 valence electrons. The van der Waals surface area contributed by atoms with Gasteiger partial charge in [0.05, 0.1) is 12.1 Å². The Balaban J connectivity index is 2.31. The molecule has 0 fully saturated rings. The Morgan fingerprint density at radius 3 is 2.83 bits per heavy atom. The second-order valence-electron chi connectivity index (χ2n) is 4.26. The number of hydrogen-bond acceptors (Lipinski definition) is 3. The number of nitrogens with zero attached hydrogens (tertiary/aromatic N) is 1. The quantitative estimate of drug-likeness (QED) is 0.793. The molecule has 1 heterocycles. The van der Waals surface area contributed by atoms with Gasteiger partial charge < -0.3 is 10.1 Å². The third-order valence-corrected chi connectivity index (χ3v) is 2.79. The first-order chi connectivity index (χ1) is 8.85. The number of rotatable bonds is 6. The van der Waals surface area contributed by atoms with Crippen LogP contribution in [0.25, 0.3) is 10.9 Å². The number of pyridine rings is 1. The van der Waals surface area contributed by atoms with E-state index in [0.29, 0.717) is 6.61 Å². The van der Waals surface area contributed by atoms with Gasteiger partial charge in [-0.2, -0.15) is 0 Å². The summed E-state index contributed by atoms with van der Waals surface area (Å²) in [7, 11) is 0. The van der Waals surface area contributed by atoms with Crippen LogP contribution in [0.3, 0.4) is 0 Å². The van der Waals surface area contributed by atoms with Crippen LogP contribution in [0.5, 0.6) is 5.88 Å². The van der Waals surface area contributed by atoms with Crippen LogP contribution in [0.4, 0.5) is 0 Å². The van der Waals surface area contributed by atoms with Crippen LogP contribution in [-0.2, 0) is 6.54 Å². The summed E-state index contributed by atoms with van der Waals surface area (Å²) >= 11 is 0. The molecule has 1 aromatic heterocycles. The van der Waals surface area contributed by atoms with Gasteiger partial charge in [0, 0.05) is 17.5 Å². The molecule has 0 saturated heterocycles. The fourth-order valence-corrected chi connectivity index (χ4v) is 1.93. The largest absolute Gasteiger partial charge is 0.478 e. The van der Waals surface area contributed by atoms with E-state index in [0.717, 1.165) is 41.9 Å². The van der Waals surface area contributed by atoms with E-state index in [-0.39, 0.29) is 0 Å². The lowest BCUT2D eigenvalue weighted by atomic mass is 10.1. The van der Waals surface area contributed by atoms with E-state index < -0.39 is 0 Å². The number of aromatic nitrogens is 1. The van der Waals surface area contributed by atoms with Crippen molar-refractivity contribution in [2.45, 2.75) is 26.8 Å². The van der Waals surface area contributed by atoms with Crippen molar-refractivity contribution in [2.24, 2.45) is 0 Å². The summed E-state index contributed by atoms with van der Waals surface area (Å²) in [6.45, 7) is 6.61. The predicted octanol–water partition coefficient (Wildman–Crippen LogP) is 3.13. The van der Waals surface area contributed by atoms with Crippen molar-refractivity contribution in [3.05, 3.63) is 35.9 Å². The minimum Gasteiger partial charge on any atom is -0.478 e. The van der Waals surface area contributed by atoms with E-state index >= 15 is 0 Å². The number of para-hydroxylation sites is 1. The maximum atomic E-state index is 5.62. The highest BCUT2D eigenvalue weighted by atomic mass is 16.5. The van der Waals surface area contributed by atoms with Crippen LogP contribution in [0.1, 0.15) is 25.8 Å². The van der Waals surface area contributed by atoms with Crippen LogP contribution in [0.15, 0.2) is 30.3 Å². The second-order valence-corrected chi connectivity index (χ2v) is 4.26. The van der Waals surface area contributed by atoms with Gasteiger partial charge in [0.25, 0.3) is 0 Å². The van der Waals surface area contributed by atoms with Crippen molar-refractivity contribution in [2.75, 3.05) is 13.2 Å². The lowest BCUT2D eigenvalue weighted by Crippen LogP contribution is -2.15. The summed E-state index contributed by atoms with van der Waals surface area (Å²) in [6, 6.07) is 10.3. The first-order valence-corrected chi connectivity index (χ1v) is 6.57. The Morgan fingerprint density at radius 2 is 2.06 bits per heavy atom. The van der Waals surface area contributed by atoms with Crippen molar-refractivity contribution in [3.63, 3.8) is 0 Å². The summed E-state index contributed by atoms with van der Waals surface area (Å²) in [4.78, 5) is 4.58. The summed E-state index contributed by atoms with van der Waals surface area (Å²) < 4.78 is 5.62. The summed E-state index contributed by atoms with van der Waals surface area (Å²) in [5.41, 5.74) is 2.11. The zero-order valence-corrected chi connectivity index (χ0v) is 11.1. The van der Waals surface area contributed by atoms with Crippen LogP contribution in [0.2, 0.25) is 0 Å². The molecule has 1 N–H and O–H groups in total. The maximum absolute atomic E-state index is 5.62. The average molecular weight is 244 g/mol. The van der Waals surface area contributed by atoms with E-state index in [1.54, 1.807) is 0 Å².